The number of fused-ring (bicyclic) bond motifs is 1. The van der Waals surface area contributed by atoms with Gasteiger partial charge in [0.2, 0.25) is 0 Å². The number of likely N-dealkylation sites (N-methyl/N-ethyl adjacent to an activating group) is 1. The van der Waals surface area contributed by atoms with Crippen LogP contribution >= 0.6 is 0 Å². The summed E-state index contributed by atoms with van der Waals surface area (Å²) >= 11 is 0. The molecular weight excluding hydrogens is 288 g/mol. The third-order valence-electron chi connectivity index (χ3n) is 4.09. The van der Waals surface area contributed by atoms with Gasteiger partial charge in [0.15, 0.2) is 0 Å². The molecule has 1 amide bonds. The minimum absolute atomic E-state index is 0.000697. The van der Waals surface area contributed by atoms with Crippen LogP contribution < -0.4 is 0 Å². The summed E-state index contributed by atoms with van der Waals surface area (Å²) in [5.41, 5.74) is 3.67. The number of pyridine rings is 2. The van der Waals surface area contributed by atoms with Gasteiger partial charge in [-0.05, 0) is 43.7 Å². The molecule has 3 aromatic rings. The van der Waals surface area contributed by atoms with Crippen LogP contribution in [0, 0.1) is 6.92 Å². The van der Waals surface area contributed by atoms with Gasteiger partial charge in [0.25, 0.3) is 5.91 Å². The van der Waals surface area contributed by atoms with E-state index in [4.69, 9.17) is 0 Å². The third-order valence-corrected chi connectivity index (χ3v) is 4.09. The van der Waals surface area contributed by atoms with E-state index >= 15 is 0 Å². The Kier molecular flexibility index (Phi) is 4.10. The fourth-order valence-corrected chi connectivity index (χ4v) is 2.60. The summed E-state index contributed by atoms with van der Waals surface area (Å²) in [4.78, 5) is 23.0. The lowest BCUT2D eigenvalue weighted by Crippen LogP contribution is -2.36. The van der Waals surface area contributed by atoms with Crippen LogP contribution in [-0.4, -0.2) is 38.3 Å². The number of nitrogens with zero attached hydrogens (tertiary/aromatic N) is 4. The summed E-state index contributed by atoms with van der Waals surface area (Å²) in [5, 5.41) is 0. The summed E-state index contributed by atoms with van der Waals surface area (Å²) in [5.74, 6) is 0.000697. The van der Waals surface area contributed by atoms with Crippen LogP contribution in [0.4, 0.5) is 0 Å². The largest absolute Gasteiger partial charge is 0.339 e. The lowest BCUT2D eigenvalue weighted by Gasteiger charge is -2.25. The second kappa shape index (κ2) is 6.20. The van der Waals surface area contributed by atoms with E-state index in [1.807, 2.05) is 62.1 Å². The summed E-state index contributed by atoms with van der Waals surface area (Å²) in [6.45, 7) is 4.09. The maximum atomic E-state index is 12.7. The first-order valence-corrected chi connectivity index (χ1v) is 7.66. The molecule has 0 aromatic carbocycles. The highest BCUT2D eigenvalue weighted by Gasteiger charge is 2.18. The minimum atomic E-state index is 0.000697. The smallest absolute Gasteiger partial charge is 0.255 e. The maximum Gasteiger partial charge on any atom is 0.255 e. The highest BCUT2D eigenvalue weighted by molar-refractivity contribution is 5.94. The Morgan fingerprint density at radius 1 is 1.26 bits per heavy atom. The molecule has 0 aliphatic carbocycles. The van der Waals surface area contributed by atoms with Crippen molar-refractivity contribution in [2.75, 3.05) is 7.05 Å². The molecular formula is C18H20N4O. The Morgan fingerprint density at radius 3 is 2.87 bits per heavy atom. The zero-order chi connectivity index (χ0) is 16.4. The molecule has 3 rings (SSSR count). The fourth-order valence-electron chi connectivity index (χ4n) is 2.60. The lowest BCUT2D eigenvalue weighted by molar-refractivity contribution is 0.0742. The molecule has 0 fully saturated rings. The first-order chi connectivity index (χ1) is 11.0. The first-order valence-electron chi connectivity index (χ1n) is 7.66. The van der Waals surface area contributed by atoms with Crippen molar-refractivity contribution >= 4 is 11.6 Å². The summed E-state index contributed by atoms with van der Waals surface area (Å²) in [6, 6.07) is 7.78. The van der Waals surface area contributed by atoms with Crippen LogP contribution in [0.5, 0.6) is 0 Å². The van der Waals surface area contributed by atoms with Crippen molar-refractivity contribution in [1.29, 1.82) is 0 Å². The molecule has 5 heteroatoms. The molecule has 3 aromatic heterocycles. The van der Waals surface area contributed by atoms with E-state index < -0.39 is 0 Å². The van der Waals surface area contributed by atoms with Crippen molar-refractivity contribution in [3.8, 4) is 0 Å². The number of aromatic nitrogens is 3. The SMILES string of the molecule is Cc1ccnc(CC(C)N(C)C(=O)c2ccc3nccn3c2)c1. The number of imidazole rings is 1. The normalized spacial score (nSPS) is 12.3. The van der Waals surface area contributed by atoms with Gasteiger partial charge < -0.3 is 9.30 Å². The van der Waals surface area contributed by atoms with Crippen LogP contribution in [0.15, 0.2) is 49.1 Å². The second-order valence-corrected chi connectivity index (χ2v) is 5.90. The number of rotatable bonds is 4. The Balaban J connectivity index is 1.75. The van der Waals surface area contributed by atoms with Crippen LogP contribution in [0.1, 0.15) is 28.5 Å². The Hall–Kier alpha value is -2.69. The Labute approximate surface area is 135 Å². The molecule has 0 saturated carbocycles. The van der Waals surface area contributed by atoms with Gasteiger partial charge in [-0.25, -0.2) is 4.98 Å². The van der Waals surface area contributed by atoms with Crippen molar-refractivity contribution in [1.82, 2.24) is 19.3 Å². The van der Waals surface area contributed by atoms with E-state index in [-0.39, 0.29) is 11.9 Å². The molecule has 0 aliphatic heterocycles. The molecule has 0 aliphatic rings. The van der Waals surface area contributed by atoms with E-state index in [1.54, 1.807) is 11.1 Å². The monoisotopic (exact) mass is 308 g/mol. The number of carbonyl (C=O) groups is 1. The quantitative estimate of drug-likeness (QED) is 0.744. The average molecular weight is 308 g/mol. The molecule has 0 radical (unpaired) electrons. The number of carbonyl (C=O) groups excluding carboxylic acids is 1. The highest BCUT2D eigenvalue weighted by Crippen LogP contribution is 2.12. The van der Waals surface area contributed by atoms with Gasteiger partial charge in [-0.15, -0.1) is 0 Å². The molecule has 3 heterocycles. The summed E-state index contributed by atoms with van der Waals surface area (Å²) in [6.07, 6.45) is 7.92. The number of amides is 1. The molecule has 0 bridgehead atoms. The van der Waals surface area contributed by atoms with Crippen LogP contribution in [-0.2, 0) is 6.42 Å². The van der Waals surface area contributed by atoms with E-state index in [1.165, 1.54) is 5.56 Å². The first kappa shape index (κ1) is 15.2. The molecule has 0 N–H and O–H groups in total. The van der Waals surface area contributed by atoms with Crippen LogP contribution in [0.3, 0.4) is 0 Å². The van der Waals surface area contributed by atoms with Gasteiger partial charge in [-0.3, -0.25) is 9.78 Å². The molecule has 5 nitrogen and oxygen atoms in total. The van der Waals surface area contributed by atoms with E-state index in [2.05, 4.69) is 16.0 Å². The van der Waals surface area contributed by atoms with Crippen molar-refractivity contribution in [3.05, 3.63) is 65.9 Å². The maximum absolute atomic E-state index is 12.7. The van der Waals surface area contributed by atoms with Gasteiger partial charge in [0.1, 0.15) is 5.65 Å². The minimum Gasteiger partial charge on any atom is -0.339 e. The zero-order valence-electron chi connectivity index (χ0n) is 13.6. The van der Waals surface area contributed by atoms with Crippen molar-refractivity contribution in [3.63, 3.8) is 0 Å². The fraction of sp³-hybridized carbons (Fsp3) is 0.278. The average Bonchev–Trinajstić information content (AvgIpc) is 3.01. The predicted molar refractivity (Wildman–Crippen MR) is 89.4 cm³/mol. The molecule has 0 spiro atoms. The highest BCUT2D eigenvalue weighted by atomic mass is 16.2. The summed E-state index contributed by atoms with van der Waals surface area (Å²) < 4.78 is 1.86. The van der Waals surface area contributed by atoms with Gasteiger partial charge in [-0.1, -0.05) is 0 Å². The Bertz CT molecular complexity index is 840. The van der Waals surface area contributed by atoms with Gasteiger partial charge in [0.05, 0.1) is 5.56 Å². The summed E-state index contributed by atoms with van der Waals surface area (Å²) in [7, 11) is 1.83. The van der Waals surface area contributed by atoms with Gasteiger partial charge >= 0.3 is 0 Å². The molecule has 1 unspecified atom stereocenters. The van der Waals surface area contributed by atoms with Gasteiger partial charge in [0, 0.05) is 50.0 Å². The molecule has 118 valence electrons. The predicted octanol–water partition coefficient (Wildman–Crippen LogP) is 2.74. The van der Waals surface area contributed by atoms with Crippen LogP contribution in [0.2, 0.25) is 0 Å². The molecule has 23 heavy (non-hydrogen) atoms. The van der Waals surface area contributed by atoms with E-state index in [0.717, 1.165) is 17.8 Å². The van der Waals surface area contributed by atoms with Crippen LogP contribution in [0.25, 0.3) is 5.65 Å². The topological polar surface area (TPSA) is 50.5 Å². The standard InChI is InChI=1S/C18H20N4O/c1-13-6-7-19-16(10-13)11-14(2)21(3)18(23)15-4-5-17-20-8-9-22(17)12-15/h4-10,12,14H,11H2,1-3H3. The number of aryl methyl sites for hydroxylation is 1. The number of hydrogen-bond donors (Lipinski definition) is 0. The number of hydrogen-bond acceptors (Lipinski definition) is 3. The molecule has 1 atom stereocenters. The lowest BCUT2D eigenvalue weighted by atomic mass is 10.1. The van der Waals surface area contributed by atoms with E-state index in [9.17, 15) is 4.79 Å². The molecule has 0 saturated heterocycles. The van der Waals surface area contributed by atoms with Gasteiger partial charge in [-0.2, -0.15) is 0 Å². The van der Waals surface area contributed by atoms with Crippen molar-refractivity contribution in [2.45, 2.75) is 26.3 Å². The van der Waals surface area contributed by atoms with Crippen molar-refractivity contribution in [2.24, 2.45) is 0 Å². The third kappa shape index (κ3) is 3.23. The second-order valence-electron chi connectivity index (χ2n) is 5.90. The van der Waals surface area contributed by atoms with Crippen molar-refractivity contribution < 1.29 is 4.79 Å². The zero-order valence-corrected chi connectivity index (χ0v) is 13.6. The van der Waals surface area contributed by atoms with E-state index in [0.29, 0.717) is 5.56 Å². The Morgan fingerprint density at radius 2 is 2.09 bits per heavy atom.